The van der Waals surface area contributed by atoms with Gasteiger partial charge < -0.3 is 20.9 Å². The summed E-state index contributed by atoms with van der Waals surface area (Å²) >= 11 is 0. The van der Waals surface area contributed by atoms with Crippen LogP contribution in [0.3, 0.4) is 0 Å². The minimum Gasteiger partial charge on any atom is -0.496 e. The Hall–Kier alpha value is -1.10. The molecule has 0 spiro atoms. The lowest BCUT2D eigenvalue weighted by Crippen LogP contribution is -2.32. The SMILES string of the molecule is COc1c(C)c(C)cc(C)c1CNCC(O)CN. The molecule has 1 aromatic rings. The van der Waals surface area contributed by atoms with E-state index in [-0.39, 0.29) is 6.54 Å². The summed E-state index contributed by atoms with van der Waals surface area (Å²) in [4.78, 5) is 0. The molecule has 4 N–H and O–H groups in total. The first kappa shape index (κ1) is 15.0. The van der Waals surface area contributed by atoms with Crippen LogP contribution in [0.15, 0.2) is 6.07 Å². The van der Waals surface area contributed by atoms with Crippen LogP contribution < -0.4 is 15.8 Å². The van der Waals surface area contributed by atoms with Crippen molar-refractivity contribution in [2.45, 2.75) is 33.4 Å². The van der Waals surface area contributed by atoms with Crippen LogP contribution in [-0.2, 0) is 6.54 Å². The molecule has 1 unspecified atom stereocenters. The molecule has 0 amide bonds. The van der Waals surface area contributed by atoms with Gasteiger partial charge in [-0.1, -0.05) is 6.07 Å². The van der Waals surface area contributed by atoms with Crippen LogP contribution in [0.5, 0.6) is 5.75 Å². The zero-order valence-electron chi connectivity index (χ0n) is 11.7. The van der Waals surface area contributed by atoms with Crippen molar-refractivity contribution in [3.63, 3.8) is 0 Å². The summed E-state index contributed by atoms with van der Waals surface area (Å²) < 4.78 is 5.49. The van der Waals surface area contributed by atoms with E-state index in [1.165, 1.54) is 16.7 Å². The van der Waals surface area contributed by atoms with E-state index in [9.17, 15) is 5.11 Å². The van der Waals surface area contributed by atoms with Gasteiger partial charge in [-0.2, -0.15) is 0 Å². The molecule has 0 fully saturated rings. The highest BCUT2D eigenvalue weighted by atomic mass is 16.5. The van der Waals surface area contributed by atoms with E-state index in [0.717, 1.165) is 11.3 Å². The summed E-state index contributed by atoms with van der Waals surface area (Å²) in [5.41, 5.74) is 10.1. The van der Waals surface area contributed by atoms with Gasteiger partial charge in [0.05, 0.1) is 13.2 Å². The Kier molecular flexibility index (Phi) is 5.59. The number of nitrogens with one attached hydrogen (secondary N) is 1. The molecule has 102 valence electrons. The predicted molar refractivity (Wildman–Crippen MR) is 74.0 cm³/mol. The van der Waals surface area contributed by atoms with Gasteiger partial charge in [0, 0.05) is 25.2 Å². The van der Waals surface area contributed by atoms with Gasteiger partial charge in [-0.25, -0.2) is 0 Å². The number of hydrogen-bond donors (Lipinski definition) is 3. The second-order valence-electron chi connectivity index (χ2n) is 4.67. The highest BCUT2D eigenvalue weighted by Gasteiger charge is 2.12. The molecule has 0 aliphatic rings. The standard InChI is InChI=1S/C14H24N2O2/c1-9-5-10(2)13(14(18-4)11(9)3)8-16-7-12(17)6-15/h5,12,16-17H,6-8,15H2,1-4H3. The van der Waals surface area contributed by atoms with Crippen molar-refractivity contribution >= 4 is 0 Å². The largest absolute Gasteiger partial charge is 0.496 e. The summed E-state index contributed by atoms with van der Waals surface area (Å²) in [7, 11) is 1.69. The normalized spacial score (nSPS) is 12.6. The van der Waals surface area contributed by atoms with Gasteiger partial charge in [0.2, 0.25) is 0 Å². The van der Waals surface area contributed by atoms with E-state index < -0.39 is 6.10 Å². The number of aryl methyl sites for hydroxylation is 2. The Balaban J connectivity index is 2.84. The molecule has 0 bridgehead atoms. The fourth-order valence-corrected chi connectivity index (χ4v) is 2.05. The van der Waals surface area contributed by atoms with Crippen LogP contribution in [0.1, 0.15) is 22.3 Å². The van der Waals surface area contributed by atoms with E-state index in [0.29, 0.717) is 13.1 Å². The molecule has 18 heavy (non-hydrogen) atoms. The molecule has 4 heteroatoms. The summed E-state index contributed by atoms with van der Waals surface area (Å²) in [6.07, 6.45) is -0.497. The minimum atomic E-state index is -0.497. The lowest BCUT2D eigenvalue weighted by atomic mass is 9.99. The smallest absolute Gasteiger partial charge is 0.126 e. The Morgan fingerprint density at radius 2 is 2.00 bits per heavy atom. The third-order valence-electron chi connectivity index (χ3n) is 3.27. The molecule has 1 atom stereocenters. The number of aliphatic hydroxyl groups excluding tert-OH is 1. The number of aliphatic hydroxyl groups is 1. The van der Waals surface area contributed by atoms with Crippen molar-refractivity contribution < 1.29 is 9.84 Å². The zero-order chi connectivity index (χ0) is 13.7. The first-order chi connectivity index (χ1) is 8.51. The Morgan fingerprint density at radius 1 is 1.33 bits per heavy atom. The molecule has 1 aromatic carbocycles. The van der Waals surface area contributed by atoms with E-state index in [4.69, 9.17) is 10.5 Å². The molecule has 0 saturated carbocycles. The van der Waals surface area contributed by atoms with Crippen molar-refractivity contribution in [3.8, 4) is 5.75 Å². The molecule has 0 aliphatic carbocycles. The van der Waals surface area contributed by atoms with Crippen LogP contribution in [0.2, 0.25) is 0 Å². The first-order valence-corrected chi connectivity index (χ1v) is 6.23. The Bertz CT molecular complexity index is 405. The summed E-state index contributed by atoms with van der Waals surface area (Å²) in [5, 5.41) is 12.6. The fourth-order valence-electron chi connectivity index (χ4n) is 2.05. The lowest BCUT2D eigenvalue weighted by molar-refractivity contribution is 0.179. The topological polar surface area (TPSA) is 67.5 Å². The van der Waals surface area contributed by atoms with E-state index in [1.807, 2.05) is 0 Å². The van der Waals surface area contributed by atoms with Crippen molar-refractivity contribution in [2.75, 3.05) is 20.2 Å². The summed E-state index contributed by atoms with van der Waals surface area (Å²) in [6, 6.07) is 2.16. The number of ether oxygens (including phenoxy) is 1. The van der Waals surface area contributed by atoms with Gasteiger partial charge in [-0.15, -0.1) is 0 Å². The number of rotatable bonds is 6. The second-order valence-corrected chi connectivity index (χ2v) is 4.67. The van der Waals surface area contributed by atoms with E-state index >= 15 is 0 Å². The molecule has 0 radical (unpaired) electrons. The monoisotopic (exact) mass is 252 g/mol. The predicted octanol–water partition coefficient (Wildman–Crippen LogP) is 1.03. The molecule has 0 heterocycles. The summed E-state index contributed by atoms with van der Waals surface area (Å²) in [5.74, 6) is 0.933. The van der Waals surface area contributed by atoms with Gasteiger partial charge >= 0.3 is 0 Å². The third-order valence-corrected chi connectivity index (χ3v) is 3.27. The second kappa shape index (κ2) is 6.73. The summed E-state index contributed by atoms with van der Waals surface area (Å²) in [6.45, 7) is 7.66. The van der Waals surface area contributed by atoms with E-state index in [1.54, 1.807) is 7.11 Å². The van der Waals surface area contributed by atoms with Crippen LogP contribution in [0, 0.1) is 20.8 Å². The van der Waals surface area contributed by atoms with Gasteiger partial charge in [0.25, 0.3) is 0 Å². The van der Waals surface area contributed by atoms with Crippen LogP contribution in [0.25, 0.3) is 0 Å². The van der Waals surface area contributed by atoms with Crippen LogP contribution >= 0.6 is 0 Å². The molecule has 1 rings (SSSR count). The third kappa shape index (κ3) is 3.45. The Morgan fingerprint density at radius 3 is 2.56 bits per heavy atom. The fraction of sp³-hybridized carbons (Fsp3) is 0.571. The van der Waals surface area contributed by atoms with Gasteiger partial charge in [-0.05, 0) is 37.5 Å². The average molecular weight is 252 g/mol. The number of methoxy groups -OCH3 is 1. The highest BCUT2D eigenvalue weighted by molar-refractivity contribution is 5.49. The van der Waals surface area contributed by atoms with Gasteiger partial charge in [0.15, 0.2) is 0 Å². The van der Waals surface area contributed by atoms with Crippen LogP contribution in [0.4, 0.5) is 0 Å². The van der Waals surface area contributed by atoms with Crippen molar-refractivity contribution in [1.29, 1.82) is 0 Å². The van der Waals surface area contributed by atoms with Crippen molar-refractivity contribution in [2.24, 2.45) is 5.73 Å². The molecule has 0 aliphatic heterocycles. The van der Waals surface area contributed by atoms with E-state index in [2.05, 4.69) is 32.2 Å². The molecular formula is C14H24N2O2. The average Bonchev–Trinajstić information content (AvgIpc) is 2.35. The number of benzene rings is 1. The van der Waals surface area contributed by atoms with Gasteiger partial charge in [0.1, 0.15) is 5.75 Å². The first-order valence-electron chi connectivity index (χ1n) is 6.23. The van der Waals surface area contributed by atoms with Crippen molar-refractivity contribution in [1.82, 2.24) is 5.32 Å². The molecule has 0 aromatic heterocycles. The zero-order valence-corrected chi connectivity index (χ0v) is 11.7. The maximum atomic E-state index is 9.41. The quantitative estimate of drug-likeness (QED) is 0.707. The molecule has 0 saturated heterocycles. The van der Waals surface area contributed by atoms with Gasteiger partial charge in [-0.3, -0.25) is 0 Å². The molecule has 4 nitrogen and oxygen atoms in total. The number of nitrogens with two attached hydrogens (primary N) is 1. The minimum absolute atomic E-state index is 0.274. The highest BCUT2D eigenvalue weighted by Crippen LogP contribution is 2.29. The molecular weight excluding hydrogens is 228 g/mol. The van der Waals surface area contributed by atoms with Crippen LogP contribution in [-0.4, -0.2) is 31.4 Å². The maximum Gasteiger partial charge on any atom is 0.126 e. The number of hydrogen-bond acceptors (Lipinski definition) is 4. The maximum absolute atomic E-state index is 9.41. The Labute approximate surface area is 109 Å². The lowest BCUT2D eigenvalue weighted by Gasteiger charge is -2.17. The van der Waals surface area contributed by atoms with Crippen molar-refractivity contribution in [3.05, 3.63) is 28.3 Å².